The lowest BCUT2D eigenvalue weighted by molar-refractivity contribution is 0.614. The van der Waals surface area contributed by atoms with Gasteiger partial charge in [0.2, 0.25) is 0 Å². The molecule has 0 aliphatic heterocycles. The summed E-state index contributed by atoms with van der Waals surface area (Å²) >= 11 is 15.5. The minimum Gasteiger partial charge on any atom is -0.351 e. The lowest BCUT2D eigenvalue weighted by atomic mass is 10.2. The number of alkyl halides is 1. The van der Waals surface area contributed by atoms with Crippen molar-refractivity contribution in [3.05, 3.63) is 21.8 Å². The van der Waals surface area contributed by atoms with E-state index in [1.165, 1.54) is 25.7 Å². The molecule has 0 radical (unpaired) electrons. The molecule has 0 bridgehead atoms. The van der Waals surface area contributed by atoms with Crippen LogP contribution >= 0.6 is 39.1 Å². The van der Waals surface area contributed by atoms with Crippen LogP contribution in [0.1, 0.15) is 25.7 Å². The van der Waals surface area contributed by atoms with Crippen LogP contribution in [0.25, 0.3) is 0 Å². The van der Waals surface area contributed by atoms with Crippen LogP contribution < -0.4 is 4.90 Å². The molecule has 0 aromatic carbocycles. The Bertz CT molecular complexity index is 381. The average Bonchev–Trinajstić information content (AvgIpc) is 2.80. The minimum absolute atomic E-state index is 0.542. The SMILES string of the molecule is ClCCN(c1ncc(Br)cc1Cl)C1CCCC1. The molecule has 1 aromatic heterocycles. The first-order chi connectivity index (χ1) is 8.22. The van der Waals surface area contributed by atoms with Crippen molar-refractivity contribution >= 4 is 44.9 Å². The molecule has 0 N–H and O–H groups in total. The molecule has 0 unspecified atom stereocenters. The highest BCUT2D eigenvalue weighted by atomic mass is 79.9. The number of hydrogen-bond acceptors (Lipinski definition) is 2. The van der Waals surface area contributed by atoms with Crippen molar-refractivity contribution in [2.24, 2.45) is 0 Å². The van der Waals surface area contributed by atoms with Gasteiger partial charge in [-0.2, -0.15) is 0 Å². The summed E-state index contributed by atoms with van der Waals surface area (Å²) in [5, 5.41) is 0.691. The lowest BCUT2D eigenvalue weighted by Crippen LogP contribution is -2.35. The zero-order chi connectivity index (χ0) is 12.3. The second kappa shape index (κ2) is 6.26. The third kappa shape index (κ3) is 3.27. The molecular formula is C12H15BrCl2N2. The van der Waals surface area contributed by atoms with Gasteiger partial charge in [-0.15, -0.1) is 11.6 Å². The Morgan fingerprint density at radius 1 is 1.41 bits per heavy atom. The Kier molecular flexibility index (Phi) is 4.95. The van der Waals surface area contributed by atoms with Crippen LogP contribution in [0.4, 0.5) is 5.82 Å². The predicted molar refractivity (Wildman–Crippen MR) is 77.3 cm³/mol. The van der Waals surface area contributed by atoms with E-state index in [1.807, 2.05) is 6.07 Å². The molecule has 1 fully saturated rings. The van der Waals surface area contributed by atoms with Crippen LogP contribution in [0.3, 0.4) is 0 Å². The fraction of sp³-hybridized carbons (Fsp3) is 0.583. The molecule has 0 saturated heterocycles. The summed E-state index contributed by atoms with van der Waals surface area (Å²) in [6.45, 7) is 0.806. The number of hydrogen-bond donors (Lipinski definition) is 0. The first kappa shape index (κ1) is 13.4. The molecular weight excluding hydrogens is 323 g/mol. The highest BCUT2D eigenvalue weighted by Crippen LogP contribution is 2.32. The molecule has 94 valence electrons. The van der Waals surface area contributed by atoms with E-state index in [4.69, 9.17) is 23.2 Å². The van der Waals surface area contributed by atoms with E-state index < -0.39 is 0 Å². The Hall–Kier alpha value is 0.01000. The summed E-state index contributed by atoms with van der Waals surface area (Å²) in [5.41, 5.74) is 0. The van der Waals surface area contributed by atoms with Gasteiger partial charge in [-0.3, -0.25) is 0 Å². The second-order valence-electron chi connectivity index (χ2n) is 4.28. The smallest absolute Gasteiger partial charge is 0.147 e. The van der Waals surface area contributed by atoms with Gasteiger partial charge in [0.15, 0.2) is 0 Å². The third-order valence-electron chi connectivity index (χ3n) is 3.15. The van der Waals surface area contributed by atoms with E-state index in [-0.39, 0.29) is 0 Å². The number of nitrogens with zero attached hydrogens (tertiary/aromatic N) is 2. The molecule has 0 atom stereocenters. The van der Waals surface area contributed by atoms with Gasteiger partial charge in [0.25, 0.3) is 0 Å². The van der Waals surface area contributed by atoms with Crippen LogP contribution in [-0.4, -0.2) is 23.5 Å². The monoisotopic (exact) mass is 336 g/mol. The molecule has 1 saturated carbocycles. The molecule has 1 heterocycles. The highest BCUT2D eigenvalue weighted by molar-refractivity contribution is 9.10. The third-order valence-corrected chi connectivity index (χ3v) is 4.03. The summed E-state index contributed by atoms with van der Waals surface area (Å²) < 4.78 is 0.906. The normalized spacial score (nSPS) is 16.4. The number of aromatic nitrogens is 1. The Balaban J connectivity index is 2.24. The Labute approximate surface area is 120 Å². The second-order valence-corrected chi connectivity index (χ2v) is 5.98. The van der Waals surface area contributed by atoms with Gasteiger partial charge in [-0.1, -0.05) is 24.4 Å². The molecule has 0 amide bonds. The van der Waals surface area contributed by atoms with Crippen LogP contribution in [0.15, 0.2) is 16.7 Å². The summed E-state index contributed by atoms with van der Waals surface area (Å²) in [4.78, 5) is 6.69. The molecule has 2 rings (SSSR count). The van der Waals surface area contributed by atoms with Crippen LogP contribution in [0.2, 0.25) is 5.02 Å². The van der Waals surface area contributed by atoms with E-state index in [0.29, 0.717) is 16.9 Å². The summed E-state index contributed by atoms with van der Waals surface area (Å²) in [7, 11) is 0. The van der Waals surface area contributed by atoms with Crippen molar-refractivity contribution in [3.8, 4) is 0 Å². The zero-order valence-electron chi connectivity index (χ0n) is 9.50. The van der Waals surface area contributed by atoms with E-state index in [0.717, 1.165) is 16.8 Å². The van der Waals surface area contributed by atoms with Gasteiger partial charge < -0.3 is 4.90 Å². The highest BCUT2D eigenvalue weighted by Gasteiger charge is 2.24. The fourth-order valence-corrected chi connectivity index (χ4v) is 3.31. The van der Waals surface area contributed by atoms with Crippen LogP contribution in [0.5, 0.6) is 0 Å². The topological polar surface area (TPSA) is 16.1 Å². The maximum absolute atomic E-state index is 6.26. The van der Waals surface area contributed by atoms with Gasteiger partial charge in [-0.05, 0) is 34.8 Å². The van der Waals surface area contributed by atoms with Gasteiger partial charge in [0.1, 0.15) is 5.82 Å². The maximum Gasteiger partial charge on any atom is 0.147 e. The number of pyridine rings is 1. The Morgan fingerprint density at radius 3 is 2.71 bits per heavy atom. The summed E-state index contributed by atoms with van der Waals surface area (Å²) in [5.74, 6) is 1.47. The van der Waals surface area contributed by atoms with E-state index in [2.05, 4.69) is 25.8 Å². The molecule has 5 heteroatoms. The van der Waals surface area contributed by atoms with Crippen molar-refractivity contribution in [1.82, 2.24) is 4.98 Å². The molecule has 2 nitrogen and oxygen atoms in total. The first-order valence-corrected chi connectivity index (χ1v) is 7.56. The first-order valence-electron chi connectivity index (χ1n) is 5.86. The fourth-order valence-electron chi connectivity index (χ4n) is 2.39. The molecule has 17 heavy (non-hydrogen) atoms. The van der Waals surface area contributed by atoms with E-state index in [9.17, 15) is 0 Å². The largest absolute Gasteiger partial charge is 0.351 e. The number of halogens is 3. The maximum atomic E-state index is 6.26. The zero-order valence-corrected chi connectivity index (χ0v) is 12.6. The predicted octanol–water partition coefficient (Wildman–Crippen LogP) is 4.49. The van der Waals surface area contributed by atoms with Crippen molar-refractivity contribution in [2.45, 2.75) is 31.7 Å². The van der Waals surface area contributed by atoms with Gasteiger partial charge in [-0.25, -0.2) is 4.98 Å². The molecule has 1 aliphatic carbocycles. The summed E-state index contributed by atoms with van der Waals surface area (Å²) in [6.07, 6.45) is 6.79. The van der Waals surface area contributed by atoms with Gasteiger partial charge in [0.05, 0.1) is 5.02 Å². The van der Waals surface area contributed by atoms with Crippen molar-refractivity contribution < 1.29 is 0 Å². The Morgan fingerprint density at radius 2 is 2.12 bits per heavy atom. The van der Waals surface area contributed by atoms with Gasteiger partial charge >= 0.3 is 0 Å². The quantitative estimate of drug-likeness (QED) is 0.753. The lowest BCUT2D eigenvalue weighted by Gasteiger charge is -2.30. The van der Waals surface area contributed by atoms with Gasteiger partial charge in [0, 0.05) is 29.1 Å². The number of anilines is 1. The molecule has 1 aromatic rings. The molecule has 0 spiro atoms. The van der Waals surface area contributed by atoms with E-state index in [1.54, 1.807) is 6.20 Å². The standard InChI is InChI=1S/C12H15BrCl2N2/c13-9-7-11(15)12(16-8-9)17(6-5-14)10-3-1-2-4-10/h7-8,10H,1-6H2. The number of rotatable bonds is 4. The van der Waals surface area contributed by atoms with Crippen LogP contribution in [0, 0.1) is 0 Å². The van der Waals surface area contributed by atoms with Crippen LogP contribution in [-0.2, 0) is 0 Å². The average molecular weight is 338 g/mol. The minimum atomic E-state index is 0.542. The summed E-state index contributed by atoms with van der Waals surface area (Å²) in [6, 6.07) is 2.43. The van der Waals surface area contributed by atoms with Crippen molar-refractivity contribution in [2.75, 3.05) is 17.3 Å². The molecule has 1 aliphatic rings. The van der Waals surface area contributed by atoms with Crippen molar-refractivity contribution in [3.63, 3.8) is 0 Å². The van der Waals surface area contributed by atoms with E-state index >= 15 is 0 Å². The van der Waals surface area contributed by atoms with Crippen molar-refractivity contribution in [1.29, 1.82) is 0 Å².